The zero-order chi connectivity index (χ0) is 12.4. The molecule has 2 aliphatic rings. The smallest absolute Gasteiger partial charge is 0.325 e. The number of carbonyl (C=O) groups excluding carboxylic acids is 2. The number of urea groups is 1. The van der Waals surface area contributed by atoms with Gasteiger partial charge in [0.15, 0.2) is 0 Å². The molecule has 0 aromatic carbocycles. The van der Waals surface area contributed by atoms with Gasteiger partial charge in [-0.05, 0) is 18.8 Å². The molecule has 0 aromatic rings. The van der Waals surface area contributed by atoms with Crippen molar-refractivity contribution >= 4 is 11.9 Å². The fourth-order valence-corrected chi connectivity index (χ4v) is 2.82. The van der Waals surface area contributed by atoms with Crippen LogP contribution in [0.1, 0.15) is 52.4 Å². The Bertz CT molecular complexity index is 311. The summed E-state index contributed by atoms with van der Waals surface area (Å²) in [6.45, 7) is 4.07. The molecule has 0 unspecified atom stereocenters. The van der Waals surface area contributed by atoms with Crippen molar-refractivity contribution in [3.8, 4) is 0 Å². The van der Waals surface area contributed by atoms with Crippen LogP contribution in [-0.4, -0.2) is 28.9 Å². The van der Waals surface area contributed by atoms with E-state index in [0.29, 0.717) is 0 Å². The summed E-state index contributed by atoms with van der Waals surface area (Å²) >= 11 is 0. The van der Waals surface area contributed by atoms with Crippen molar-refractivity contribution in [3.63, 3.8) is 0 Å². The monoisotopic (exact) mass is 238 g/mol. The molecule has 96 valence electrons. The highest BCUT2D eigenvalue weighted by Gasteiger charge is 2.43. The van der Waals surface area contributed by atoms with Crippen molar-refractivity contribution in [1.82, 2.24) is 10.2 Å². The summed E-state index contributed by atoms with van der Waals surface area (Å²) in [5, 5.41) is 2.84. The second kappa shape index (κ2) is 5.07. The number of amides is 3. The van der Waals surface area contributed by atoms with Gasteiger partial charge in [0, 0.05) is 6.04 Å². The van der Waals surface area contributed by atoms with E-state index in [9.17, 15) is 9.59 Å². The minimum absolute atomic E-state index is 0.00347. The summed E-state index contributed by atoms with van der Waals surface area (Å²) < 4.78 is 0. The number of hydrogen-bond acceptors (Lipinski definition) is 2. The number of carbonyl (C=O) groups is 2. The quantitative estimate of drug-likeness (QED) is 0.767. The molecule has 4 heteroatoms. The Labute approximate surface area is 103 Å². The minimum atomic E-state index is -0.297. The lowest BCUT2D eigenvalue weighted by molar-refractivity contribution is -0.130. The third kappa shape index (κ3) is 2.31. The van der Waals surface area contributed by atoms with Crippen molar-refractivity contribution in [3.05, 3.63) is 0 Å². The van der Waals surface area contributed by atoms with E-state index in [4.69, 9.17) is 0 Å². The first-order valence-electron chi connectivity index (χ1n) is 6.78. The van der Waals surface area contributed by atoms with Crippen molar-refractivity contribution in [2.75, 3.05) is 0 Å². The lowest BCUT2D eigenvalue weighted by Gasteiger charge is -2.28. The molecule has 17 heavy (non-hydrogen) atoms. The standard InChI is InChI=1S/C13H22N2O2/c1-3-9(2)11-12(16)15(13(17)14-11)10-7-5-4-6-8-10/h9-11H,3-8H2,1-2H3,(H,14,17)/t9-,11+/m0/s1. The largest absolute Gasteiger partial charge is 0.326 e. The predicted molar refractivity (Wildman–Crippen MR) is 65.5 cm³/mol. The molecule has 4 nitrogen and oxygen atoms in total. The van der Waals surface area contributed by atoms with Crippen molar-refractivity contribution in [2.45, 2.75) is 64.5 Å². The lowest BCUT2D eigenvalue weighted by atomic mass is 9.93. The van der Waals surface area contributed by atoms with E-state index < -0.39 is 0 Å². The maximum Gasteiger partial charge on any atom is 0.325 e. The molecular formula is C13H22N2O2. The van der Waals surface area contributed by atoms with Crippen LogP contribution in [0.4, 0.5) is 4.79 Å². The highest BCUT2D eigenvalue weighted by atomic mass is 16.2. The second-order valence-corrected chi connectivity index (χ2v) is 5.31. The number of hydrogen-bond donors (Lipinski definition) is 1. The first-order valence-corrected chi connectivity index (χ1v) is 6.78. The molecular weight excluding hydrogens is 216 g/mol. The maximum atomic E-state index is 12.3. The fraction of sp³-hybridized carbons (Fsp3) is 0.846. The highest BCUT2D eigenvalue weighted by molar-refractivity contribution is 6.04. The summed E-state index contributed by atoms with van der Waals surface area (Å²) in [4.78, 5) is 25.7. The fourth-order valence-electron chi connectivity index (χ4n) is 2.82. The van der Waals surface area contributed by atoms with Gasteiger partial charge < -0.3 is 5.32 Å². The Morgan fingerprint density at radius 1 is 1.29 bits per heavy atom. The Morgan fingerprint density at radius 2 is 1.94 bits per heavy atom. The molecule has 1 N–H and O–H groups in total. The number of nitrogens with one attached hydrogen (secondary N) is 1. The molecule has 1 aliphatic heterocycles. The van der Waals surface area contributed by atoms with E-state index >= 15 is 0 Å². The van der Waals surface area contributed by atoms with Crippen molar-refractivity contribution < 1.29 is 9.59 Å². The van der Waals surface area contributed by atoms with Crippen LogP contribution in [0.5, 0.6) is 0 Å². The van der Waals surface area contributed by atoms with Gasteiger partial charge in [-0.1, -0.05) is 39.5 Å². The third-order valence-corrected chi connectivity index (χ3v) is 4.15. The SMILES string of the molecule is CC[C@H](C)[C@H]1NC(=O)N(C2CCCCC2)C1=O. The van der Waals surface area contributed by atoms with Gasteiger partial charge in [-0.15, -0.1) is 0 Å². The van der Waals surface area contributed by atoms with Crippen LogP contribution in [0, 0.1) is 5.92 Å². The van der Waals surface area contributed by atoms with Crippen LogP contribution in [0.25, 0.3) is 0 Å². The molecule has 1 aliphatic carbocycles. The summed E-state index contributed by atoms with van der Waals surface area (Å²) in [5.41, 5.74) is 0. The summed E-state index contributed by atoms with van der Waals surface area (Å²) in [6.07, 6.45) is 6.37. The number of nitrogens with zero attached hydrogens (tertiary/aromatic N) is 1. The predicted octanol–water partition coefficient (Wildman–Crippen LogP) is 2.29. The molecule has 2 fully saturated rings. The zero-order valence-corrected chi connectivity index (χ0v) is 10.7. The summed E-state index contributed by atoms with van der Waals surface area (Å²) in [5.74, 6) is 0.219. The second-order valence-electron chi connectivity index (χ2n) is 5.31. The van der Waals surface area contributed by atoms with Gasteiger partial charge >= 0.3 is 6.03 Å². The van der Waals surface area contributed by atoms with E-state index in [1.165, 1.54) is 11.3 Å². The van der Waals surface area contributed by atoms with Crippen molar-refractivity contribution in [2.24, 2.45) is 5.92 Å². The molecule has 3 amide bonds. The van der Waals surface area contributed by atoms with Crippen LogP contribution < -0.4 is 5.32 Å². The molecule has 2 rings (SSSR count). The highest BCUT2D eigenvalue weighted by Crippen LogP contribution is 2.27. The molecule has 2 atom stereocenters. The van der Waals surface area contributed by atoms with E-state index in [1.807, 2.05) is 13.8 Å². The van der Waals surface area contributed by atoms with E-state index in [0.717, 1.165) is 32.1 Å². The van der Waals surface area contributed by atoms with Crippen molar-refractivity contribution in [1.29, 1.82) is 0 Å². The molecule has 0 radical (unpaired) electrons. The molecule has 0 spiro atoms. The average Bonchev–Trinajstić information content (AvgIpc) is 2.65. The molecule has 1 heterocycles. The van der Waals surface area contributed by atoms with Crippen LogP contribution in [0.15, 0.2) is 0 Å². The topological polar surface area (TPSA) is 49.4 Å². The molecule has 0 bridgehead atoms. The maximum absolute atomic E-state index is 12.3. The van der Waals surface area contributed by atoms with Gasteiger partial charge in [0.25, 0.3) is 5.91 Å². The van der Waals surface area contributed by atoms with Gasteiger partial charge in [0.1, 0.15) is 6.04 Å². The number of imide groups is 1. The van der Waals surface area contributed by atoms with Gasteiger partial charge in [0.05, 0.1) is 0 Å². The first-order chi connectivity index (χ1) is 8.15. The van der Waals surface area contributed by atoms with Gasteiger partial charge in [0.2, 0.25) is 0 Å². The van der Waals surface area contributed by atoms with Crippen LogP contribution in [-0.2, 0) is 4.79 Å². The normalized spacial score (nSPS) is 28.4. The Morgan fingerprint density at radius 3 is 2.53 bits per heavy atom. The van der Waals surface area contributed by atoms with E-state index in [1.54, 1.807) is 0 Å². The van der Waals surface area contributed by atoms with Crippen LogP contribution in [0.3, 0.4) is 0 Å². The summed E-state index contributed by atoms with van der Waals surface area (Å²) in [6, 6.07) is -0.327. The zero-order valence-electron chi connectivity index (χ0n) is 10.7. The minimum Gasteiger partial charge on any atom is -0.326 e. The Balaban J connectivity index is 2.07. The van der Waals surface area contributed by atoms with Gasteiger partial charge in [-0.3, -0.25) is 9.69 Å². The Kier molecular flexibility index (Phi) is 3.69. The average molecular weight is 238 g/mol. The first kappa shape index (κ1) is 12.4. The molecule has 0 aromatic heterocycles. The van der Waals surface area contributed by atoms with Gasteiger partial charge in [-0.2, -0.15) is 0 Å². The summed E-state index contributed by atoms with van der Waals surface area (Å²) in [7, 11) is 0. The third-order valence-electron chi connectivity index (χ3n) is 4.15. The molecule has 1 saturated carbocycles. The van der Waals surface area contributed by atoms with E-state index in [2.05, 4.69) is 5.32 Å². The Hall–Kier alpha value is -1.06. The lowest BCUT2D eigenvalue weighted by Crippen LogP contribution is -2.42. The molecule has 1 saturated heterocycles. The van der Waals surface area contributed by atoms with Gasteiger partial charge in [-0.25, -0.2) is 4.79 Å². The van der Waals surface area contributed by atoms with Crippen LogP contribution in [0.2, 0.25) is 0 Å². The van der Waals surface area contributed by atoms with E-state index in [-0.39, 0.29) is 29.9 Å². The van der Waals surface area contributed by atoms with Crippen LogP contribution >= 0.6 is 0 Å². The number of rotatable bonds is 3.